The molecule has 35 heavy (non-hydrogen) atoms. The molecule has 0 bridgehead atoms. The summed E-state index contributed by atoms with van der Waals surface area (Å²) in [6.45, 7) is -0.846. The van der Waals surface area contributed by atoms with Crippen LogP contribution in [0.2, 0.25) is 0 Å². The predicted molar refractivity (Wildman–Crippen MR) is 145 cm³/mol. The monoisotopic (exact) mass is 481 g/mol. The SMILES string of the molecule is CCOC(=O)CNC(=O)C(c1ccccc1)=P(c1ccccc1)(c1ccccc1)c1ccccc1. The van der Waals surface area contributed by atoms with E-state index < -0.39 is 12.9 Å². The van der Waals surface area contributed by atoms with Crippen molar-refractivity contribution >= 4 is 40.0 Å². The van der Waals surface area contributed by atoms with Gasteiger partial charge < -0.3 is 10.1 Å². The van der Waals surface area contributed by atoms with Gasteiger partial charge in [-0.15, -0.1) is 0 Å². The van der Waals surface area contributed by atoms with Crippen molar-refractivity contribution in [1.82, 2.24) is 5.32 Å². The highest BCUT2D eigenvalue weighted by atomic mass is 31.2. The van der Waals surface area contributed by atoms with Gasteiger partial charge in [-0.1, -0.05) is 121 Å². The summed E-state index contributed by atoms with van der Waals surface area (Å²) in [5, 5.41) is 6.68. The molecule has 1 N–H and O–H groups in total. The Morgan fingerprint density at radius 1 is 0.657 bits per heavy atom. The smallest absolute Gasteiger partial charge is 0.325 e. The van der Waals surface area contributed by atoms with Gasteiger partial charge in [0.15, 0.2) is 0 Å². The number of amides is 1. The average Bonchev–Trinajstić information content (AvgIpc) is 2.92. The summed E-state index contributed by atoms with van der Waals surface area (Å²) < 4.78 is 5.06. The first-order valence-electron chi connectivity index (χ1n) is 11.6. The molecule has 0 radical (unpaired) electrons. The number of nitrogens with one attached hydrogen (secondary N) is 1. The molecule has 0 spiro atoms. The van der Waals surface area contributed by atoms with Gasteiger partial charge in [0, 0.05) is 0 Å². The van der Waals surface area contributed by atoms with Crippen molar-refractivity contribution in [3.8, 4) is 0 Å². The maximum Gasteiger partial charge on any atom is 0.325 e. The summed E-state index contributed by atoms with van der Waals surface area (Å²) in [6, 6.07) is 40.3. The van der Waals surface area contributed by atoms with E-state index in [4.69, 9.17) is 4.74 Å². The summed E-state index contributed by atoms with van der Waals surface area (Å²) in [7, 11) is 0. The van der Waals surface area contributed by atoms with Gasteiger partial charge in [-0.2, -0.15) is 0 Å². The highest BCUT2D eigenvalue weighted by Gasteiger charge is 2.34. The molecule has 0 saturated heterocycles. The fourth-order valence-electron chi connectivity index (χ4n) is 4.31. The van der Waals surface area contributed by atoms with Crippen molar-refractivity contribution in [2.24, 2.45) is 0 Å². The maximum absolute atomic E-state index is 14.1. The van der Waals surface area contributed by atoms with E-state index in [-0.39, 0.29) is 19.1 Å². The molecule has 4 rings (SSSR count). The molecule has 0 aromatic heterocycles. The number of esters is 1. The Morgan fingerprint density at radius 2 is 1.06 bits per heavy atom. The first-order valence-corrected chi connectivity index (χ1v) is 13.4. The van der Waals surface area contributed by atoms with E-state index in [0.717, 1.165) is 21.5 Å². The molecule has 4 aromatic carbocycles. The molecule has 4 aromatic rings. The highest BCUT2D eigenvalue weighted by Crippen LogP contribution is 2.47. The van der Waals surface area contributed by atoms with Gasteiger partial charge >= 0.3 is 5.97 Å². The summed E-state index contributed by atoms with van der Waals surface area (Å²) in [6.07, 6.45) is 0. The topological polar surface area (TPSA) is 55.4 Å². The average molecular weight is 482 g/mol. The number of benzene rings is 4. The molecule has 0 unspecified atom stereocenters. The fraction of sp³-hybridized carbons (Fsp3) is 0.100. The lowest BCUT2D eigenvalue weighted by molar-refractivity contribution is -0.142. The summed E-state index contributed by atoms with van der Waals surface area (Å²) in [5.74, 6) is -0.745. The number of carbonyl (C=O) groups is 2. The van der Waals surface area contributed by atoms with Crippen LogP contribution in [-0.4, -0.2) is 30.3 Å². The van der Waals surface area contributed by atoms with Gasteiger partial charge in [0.2, 0.25) is 0 Å². The van der Waals surface area contributed by atoms with E-state index in [1.54, 1.807) is 6.92 Å². The third-order valence-corrected chi connectivity index (χ3v) is 10.1. The van der Waals surface area contributed by atoms with Crippen molar-refractivity contribution in [3.05, 3.63) is 127 Å². The maximum atomic E-state index is 14.1. The standard InChI is InChI=1S/C30H28NO3P/c1-2-34-28(32)23-31-30(33)29(24-15-7-3-8-16-24)35(25-17-9-4-10-18-25,26-19-11-5-12-20-26)27-21-13-6-14-22-27/h3-22H,2,23H2,1H3,(H,31,33). The fourth-order valence-corrected chi connectivity index (χ4v) is 8.76. The van der Waals surface area contributed by atoms with Crippen molar-refractivity contribution < 1.29 is 14.3 Å². The molecule has 0 heterocycles. The molecular formula is C30H28NO3P. The summed E-state index contributed by atoms with van der Waals surface area (Å²) >= 11 is 0. The predicted octanol–water partition coefficient (Wildman–Crippen LogP) is 3.88. The van der Waals surface area contributed by atoms with Crippen LogP contribution in [0.3, 0.4) is 0 Å². The van der Waals surface area contributed by atoms with Gasteiger partial charge in [0.05, 0.1) is 11.9 Å². The van der Waals surface area contributed by atoms with Crippen LogP contribution in [0, 0.1) is 0 Å². The van der Waals surface area contributed by atoms with E-state index in [1.165, 1.54) is 0 Å². The van der Waals surface area contributed by atoms with E-state index in [2.05, 4.69) is 41.7 Å². The van der Waals surface area contributed by atoms with E-state index in [9.17, 15) is 9.59 Å². The Balaban J connectivity index is 2.14. The number of hydrogen-bond donors (Lipinski definition) is 1. The van der Waals surface area contributed by atoms with Crippen LogP contribution in [0.15, 0.2) is 121 Å². The Bertz CT molecular complexity index is 1220. The first kappa shape index (κ1) is 24.3. The van der Waals surface area contributed by atoms with Crippen LogP contribution < -0.4 is 21.2 Å². The second kappa shape index (κ2) is 11.5. The third kappa shape index (κ3) is 5.13. The minimum atomic E-state index is -2.66. The van der Waals surface area contributed by atoms with E-state index in [1.807, 2.05) is 84.9 Å². The largest absolute Gasteiger partial charge is 0.465 e. The normalized spacial score (nSPS) is 10.9. The van der Waals surface area contributed by atoms with Crippen LogP contribution in [0.5, 0.6) is 0 Å². The molecular weight excluding hydrogens is 453 g/mol. The second-order valence-corrected chi connectivity index (χ2v) is 11.2. The lowest BCUT2D eigenvalue weighted by Gasteiger charge is -2.32. The molecule has 1 amide bonds. The molecule has 5 heteroatoms. The molecule has 0 fully saturated rings. The minimum absolute atomic E-state index is 0.193. The van der Waals surface area contributed by atoms with Gasteiger partial charge in [0.1, 0.15) is 6.54 Å². The molecule has 0 aliphatic rings. The van der Waals surface area contributed by atoms with Crippen LogP contribution in [0.25, 0.3) is 0 Å². The van der Waals surface area contributed by atoms with Crippen LogP contribution in [-0.2, 0) is 14.3 Å². The zero-order valence-corrected chi connectivity index (χ0v) is 20.5. The Hall–Kier alpha value is -3.88. The molecule has 0 aliphatic carbocycles. The molecule has 0 saturated carbocycles. The lowest BCUT2D eigenvalue weighted by Crippen LogP contribution is -2.41. The van der Waals surface area contributed by atoms with E-state index >= 15 is 0 Å². The van der Waals surface area contributed by atoms with E-state index in [0.29, 0.717) is 5.29 Å². The highest BCUT2D eigenvalue weighted by molar-refractivity contribution is 7.96. The van der Waals surface area contributed by atoms with Gasteiger partial charge in [0.25, 0.3) is 5.91 Å². The molecule has 176 valence electrons. The van der Waals surface area contributed by atoms with Gasteiger partial charge in [-0.05, 0) is 35.3 Å². The van der Waals surface area contributed by atoms with Crippen LogP contribution in [0.1, 0.15) is 12.5 Å². The Labute approximate surface area is 206 Å². The molecule has 4 nitrogen and oxygen atoms in total. The quantitative estimate of drug-likeness (QED) is 0.307. The number of carbonyl (C=O) groups excluding carboxylic acids is 2. The summed E-state index contributed by atoms with van der Waals surface area (Å²) in [5.41, 5.74) is 0.818. The number of ether oxygens (including phenoxy) is 1. The van der Waals surface area contributed by atoms with Crippen molar-refractivity contribution in [1.29, 1.82) is 0 Å². The zero-order chi connectivity index (χ0) is 24.5. The third-order valence-electron chi connectivity index (χ3n) is 5.73. The van der Waals surface area contributed by atoms with Crippen molar-refractivity contribution in [2.75, 3.05) is 13.2 Å². The Kier molecular flexibility index (Phi) is 7.97. The zero-order valence-electron chi connectivity index (χ0n) is 19.6. The Morgan fingerprint density at radius 3 is 1.46 bits per heavy atom. The second-order valence-electron chi connectivity index (χ2n) is 7.88. The van der Waals surface area contributed by atoms with Gasteiger partial charge in [-0.25, -0.2) is 0 Å². The van der Waals surface area contributed by atoms with Crippen molar-refractivity contribution in [3.63, 3.8) is 0 Å². The summed E-state index contributed by atoms with van der Waals surface area (Å²) in [4.78, 5) is 26.2. The lowest BCUT2D eigenvalue weighted by atomic mass is 10.1. The first-order chi connectivity index (χ1) is 17.2. The molecule has 0 atom stereocenters. The van der Waals surface area contributed by atoms with Crippen LogP contribution in [0.4, 0.5) is 0 Å². The minimum Gasteiger partial charge on any atom is -0.465 e. The van der Waals surface area contributed by atoms with Crippen molar-refractivity contribution in [2.45, 2.75) is 6.92 Å². The number of hydrogen-bond acceptors (Lipinski definition) is 3. The van der Waals surface area contributed by atoms with Gasteiger partial charge in [-0.3, -0.25) is 9.59 Å². The molecule has 0 aliphatic heterocycles. The number of rotatable bonds is 8. The van der Waals surface area contributed by atoms with Crippen LogP contribution >= 0.6 is 6.89 Å².